The highest BCUT2D eigenvalue weighted by Gasteiger charge is 2.33. The Labute approximate surface area is 158 Å². The van der Waals surface area contributed by atoms with Crippen molar-refractivity contribution in [1.82, 2.24) is 14.1 Å². The third-order valence-corrected chi connectivity index (χ3v) is 6.53. The number of hydrogen-bond acceptors (Lipinski definition) is 4. The molecule has 0 bridgehead atoms. The fraction of sp³-hybridized carbons (Fsp3) is 0.556. The van der Waals surface area contributed by atoms with E-state index in [0.29, 0.717) is 57.7 Å². The Morgan fingerprint density at radius 1 is 1.00 bits per heavy atom. The molecule has 2 saturated heterocycles. The van der Waals surface area contributed by atoms with Gasteiger partial charge in [0.2, 0.25) is 15.9 Å². The zero-order valence-electron chi connectivity index (χ0n) is 15.3. The average molecular weight is 397 g/mol. The van der Waals surface area contributed by atoms with Gasteiger partial charge in [-0.2, -0.15) is 0 Å². The number of rotatable bonds is 3. The summed E-state index contributed by atoms with van der Waals surface area (Å²) >= 11 is 0. The normalized spacial score (nSPS) is 19.9. The Balaban J connectivity index is 1.52. The first-order chi connectivity index (χ1) is 12.8. The number of carbonyl (C=O) groups excluding carboxylic acids is 2. The fourth-order valence-corrected chi connectivity index (χ4v) is 4.50. The number of hydrogen-bond donors (Lipinski definition) is 0. The fourth-order valence-electron chi connectivity index (χ4n) is 3.63. The van der Waals surface area contributed by atoms with E-state index >= 15 is 0 Å². The predicted molar refractivity (Wildman–Crippen MR) is 98.0 cm³/mol. The number of sulfonamides is 1. The highest BCUT2D eigenvalue weighted by atomic mass is 32.2. The van der Waals surface area contributed by atoms with Crippen LogP contribution in [-0.4, -0.2) is 79.9 Å². The molecule has 0 spiro atoms. The van der Waals surface area contributed by atoms with Crippen molar-refractivity contribution >= 4 is 21.8 Å². The summed E-state index contributed by atoms with van der Waals surface area (Å²) in [7, 11) is -3.21. The van der Waals surface area contributed by atoms with Crippen molar-refractivity contribution in [2.24, 2.45) is 5.92 Å². The Morgan fingerprint density at radius 3 is 2.15 bits per heavy atom. The lowest BCUT2D eigenvalue weighted by molar-refractivity contribution is -0.138. The van der Waals surface area contributed by atoms with E-state index in [-0.39, 0.29) is 17.7 Å². The summed E-state index contributed by atoms with van der Waals surface area (Å²) in [6.45, 7) is 2.42. The first-order valence-corrected chi connectivity index (χ1v) is 10.9. The van der Waals surface area contributed by atoms with Crippen LogP contribution in [0.1, 0.15) is 23.2 Å². The van der Waals surface area contributed by atoms with Gasteiger partial charge in [-0.15, -0.1) is 0 Å². The van der Waals surface area contributed by atoms with Crippen LogP contribution in [-0.2, 0) is 14.8 Å². The monoisotopic (exact) mass is 397 g/mol. The summed E-state index contributed by atoms with van der Waals surface area (Å²) in [6, 6.07) is 5.60. The molecule has 0 saturated carbocycles. The van der Waals surface area contributed by atoms with Crippen LogP contribution >= 0.6 is 0 Å². The molecule has 0 aliphatic carbocycles. The molecule has 7 nitrogen and oxygen atoms in total. The largest absolute Gasteiger partial charge is 0.339 e. The highest BCUT2D eigenvalue weighted by molar-refractivity contribution is 7.88. The molecule has 2 heterocycles. The second kappa shape index (κ2) is 7.93. The lowest BCUT2D eigenvalue weighted by atomic mass is 9.96. The molecule has 2 amide bonds. The Morgan fingerprint density at radius 2 is 1.59 bits per heavy atom. The maximum Gasteiger partial charge on any atom is 0.254 e. The van der Waals surface area contributed by atoms with E-state index in [1.54, 1.807) is 15.9 Å². The molecule has 9 heteroatoms. The van der Waals surface area contributed by atoms with Crippen molar-refractivity contribution in [3.63, 3.8) is 0 Å². The highest BCUT2D eigenvalue weighted by Crippen LogP contribution is 2.22. The van der Waals surface area contributed by atoms with Crippen molar-refractivity contribution < 1.29 is 22.4 Å². The number of piperazine rings is 1. The predicted octanol–water partition coefficient (Wildman–Crippen LogP) is 0.782. The minimum absolute atomic E-state index is 0.0287. The van der Waals surface area contributed by atoms with E-state index in [9.17, 15) is 22.4 Å². The van der Waals surface area contributed by atoms with E-state index in [2.05, 4.69) is 0 Å². The number of amides is 2. The van der Waals surface area contributed by atoms with Gasteiger partial charge < -0.3 is 9.80 Å². The van der Waals surface area contributed by atoms with E-state index in [4.69, 9.17) is 0 Å². The molecule has 2 aliphatic heterocycles. The van der Waals surface area contributed by atoms with Crippen LogP contribution in [0.3, 0.4) is 0 Å². The summed E-state index contributed by atoms with van der Waals surface area (Å²) in [6.07, 6.45) is 2.23. The van der Waals surface area contributed by atoms with Gasteiger partial charge in [-0.25, -0.2) is 17.1 Å². The Bertz CT molecular complexity index is 814. The molecule has 2 fully saturated rings. The third-order valence-electron chi connectivity index (χ3n) is 5.22. The summed E-state index contributed by atoms with van der Waals surface area (Å²) in [5, 5.41) is 0. The third kappa shape index (κ3) is 4.65. The van der Waals surface area contributed by atoms with Gasteiger partial charge in [0.15, 0.2) is 0 Å². The van der Waals surface area contributed by atoms with Crippen molar-refractivity contribution in [1.29, 1.82) is 0 Å². The molecule has 1 aromatic carbocycles. The quantitative estimate of drug-likeness (QED) is 0.755. The van der Waals surface area contributed by atoms with Gasteiger partial charge in [-0.05, 0) is 31.0 Å². The van der Waals surface area contributed by atoms with Gasteiger partial charge >= 0.3 is 0 Å². The molecule has 0 N–H and O–H groups in total. The van der Waals surface area contributed by atoms with Crippen LogP contribution < -0.4 is 0 Å². The number of nitrogens with zero attached hydrogens (tertiary/aromatic N) is 3. The Hall–Kier alpha value is -2.00. The van der Waals surface area contributed by atoms with Gasteiger partial charge in [0, 0.05) is 50.7 Å². The van der Waals surface area contributed by atoms with Crippen molar-refractivity contribution in [2.45, 2.75) is 12.8 Å². The van der Waals surface area contributed by atoms with Gasteiger partial charge in [0.25, 0.3) is 5.91 Å². The first-order valence-electron chi connectivity index (χ1n) is 9.04. The molecule has 0 atom stereocenters. The number of carbonyl (C=O) groups is 2. The molecular formula is C18H24FN3O4S. The van der Waals surface area contributed by atoms with Crippen LogP contribution in [0.15, 0.2) is 24.3 Å². The first kappa shape index (κ1) is 19.8. The topological polar surface area (TPSA) is 78.0 Å². The van der Waals surface area contributed by atoms with E-state index in [0.717, 1.165) is 0 Å². The lowest BCUT2D eigenvalue weighted by Gasteiger charge is -2.38. The van der Waals surface area contributed by atoms with E-state index < -0.39 is 15.8 Å². The average Bonchev–Trinajstić information content (AvgIpc) is 2.66. The van der Waals surface area contributed by atoms with Crippen LogP contribution in [0.4, 0.5) is 4.39 Å². The standard InChI is InChI=1S/C18H24FN3O4S/c1-27(25,26)22-7-5-14(6-8-22)17(23)20-9-11-21(12-10-20)18(24)15-3-2-4-16(19)13-15/h2-4,13-14H,5-12H2,1H3. The maximum atomic E-state index is 13.3. The van der Waals surface area contributed by atoms with Crippen LogP contribution in [0.25, 0.3) is 0 Å². The molecule has 27 heavy (non-hydrogen) atoms. The SMILES string of the molecule is CS(=O)(=O)N1CCC(C(=O)N2CCN(C(=O)c3cccc(F)c3)CC2)CC1. The van der Waals surface area contributed by atoms with Gasteiger partial charge in [0.05, 0.1) is 6.26 Å². The van der Waals surface area contributed by atoms with E-state index in [1.807, 2.05) is 0 Å². The summed E-state index contributed by atoms with van der Waals surface area (Å²) in [5.74, 6) is -0.826. The van der Waals surface area contributed by atoms with Gasteiger partial charge in [-0.3, -0.25) is 9.59 Å². The number of benzene rings is 1. The van der Waals surface area contributed by atoms with Crippen molar-refractivity contribution in [3.8, 4) is 0 Å². The van der Waals surface area contributed by atoms with Crippen LogP contribution in [0.5, 0.6) is 0 Å². The molecule has 148 valence electrons. The molecular weight excluding hydrogens is 373 g/mol. The minimum Gasteiger partial charge on any atom is -0.339 e. The summed E-state index contributed by atoms with van der Waals surface area (Å²) < 4.78 is 37.9. The van der Waals surface area contributed by atoms with Crippen molar-refractivity contribution in [3.05, 3.63) is 35.6 Å². The van der Waals surface area contributed by atoms with Gasteiger partial charge in [-0.1, -0.05) is 6.07 Å². The smallest absolute Gasteiger partial charge is 0.254 e. The number of halogens is 1. The second-order valence-electron chi connectivity index (χ2n) is 7.06. The molecule has 0 aromatic heterocycles. The van der Waals surface area contributed by atoms with E-state index in [1.165, 1.54) is 28.8 Å². The summed E-state index contributed by atoms with van der Waals surface area (Å²) in [4.78, 5) is 28.5. The molecule has 1 aromatic rings. The molecule has 0 radical (unpaired) electrons. The second-order valence-corrected chi connectivity index (χ2v) is 9.05. The Kier molecular flexibility index (Phi) is 5.81. The molecule has 3 rings (SSSR count). The zero-order valence-corrected chi connectivity index (χ0v) is 16.1. The molecule has 0 unspecified atom stereocenters. The number of piperidine rings is 1. The molecule has 2 aliphatic rings. The van der Waals surface area contributed by atoms with Gasteiger partial charge in [0.1, 0.15) is 5.82 Å². The van der Waals surface area contributed by atoms with Crippen LogP contribution in [0.2, 0.25) is 0 Å². The minimum atomic E-state index is -3.21. The lowest BCUT2D eigenvalue weighted by Crippen LogP contribution is -2.53. The van der Waals surface area contributed by atoms with Crippen LogP contribution in [0, 0.1) is 11.7 Å². The summed E-state index contributed by atoms with van der Waals surface area (Å²) in [5.41, 5.74) is 0.308. The maximum absolute atomic E-state index is 13.3. The van der Waals surface area contributed by atoms with Crippen molar-refractivity contribution in [2.75, 3.05) is 45.5 Å². The zero-order chi connectivity index (χ0) is 19.6.